The predicted molar refractivity (Wildman–Crippen MR) is 114 cm³/mol. The molecule has 0 saturated carbocycles. The van der Waals surface area contributed by atoms with E-state index in [1.54, 1.807) is 0 Å². The summed E-state index contributed by atoms with van der Waals surface area (Å²) in [6.45, 7) is 2.05. The number of aromatic nitrogens is 4. The molecule has 0 aliphatic rings. The Morgan fingerprint density at radius 1 is 0.759 bits per heavy atom. The van der Waals surface area contributed by atoms with Crippen LogP contribution in [0.5, 0.6) is 0 Å². The molecule has 3 aromatic carbocycles. The van der Waals surface area contributed by atoms with Gasteiger partial charge in [-0.05, 0) is 48.7 Å². The summed E-state index contributed by atoms with van der Waals surface area (Å²) in [5.74, 6) is 0.967. The van der Waals surface area contributed by atoms with Crippen molar-refractivity contribution in [3.05, 3.63) is 84.4 Å². The minimum Gasteiger partial charge on any atom is -0.416 e. The molecule has 0 saturated heterocycles. The summed E-state index contributed by atoms with van der Waals surface area (Å²) in [5.41, 5.74) is 6.81. The lowest BCUT2D eigenvalue weighted by molar-refractivity contribution is 0.585. The van der Waals surface area contributed by atoms with E-state index < -0.39 is 0 Å². The van der Waals surface area contributed by atoms with Crippen LogP contribution >= 0.6 is 0 Å². The first-order valence-corrected chi connectivity index (χ1v) is 9.48. The van der Waals surface area contributed by atoms with E-state index in [-0.39, 0.29) is 0 Å². The van der Waals surface area contributed by atoms with Crippen molar-refractivity contribution in [3.63, 3.8) is 0 Å². The zero-order chi connectivity index (χ0) is 19.4. The third-order valence-electron chi connectivity index (χ3n) is 5.23. The molecule has 0 atom stereocenters. The number of nitrogens with zero attached hydrogens (tertiary/aromatic N) is 4. The maximum absolute atomic E-state index is 6.07. The van der Waals surface area contributed by atoms with E-state index in [1.165, 1.54) is 5.56 Å². The Morgan fingerprint density at radius 3 is 2.34 bits per heavy atom. The predicted octanol–water partition coefficient (Wildman–Crippen LogP) is 5.67. The van der Waals surface area contributed by atoms with E-state index in [0.29, 0.717) is 11.8 Å². The second-order valence-corrected chi connectivity index (χ2v) is 7.15. The van der Waals surface area contributed by atoms with E-state index in [0.717, 1.165) is 38.7 Å². The fraction of sp³-hybridized carbons (Fsp3) is 0.0417. The molecular weight excluding hydrogens is 360 g/mol. The van der Waals surface area contributed by atoms with Gasteiger partial charge in [0.15, 0.2) is 5.65 Å². The van der Waals surface area contributed by atoms with Gasteiger partial charge in [-0.2, -0.15) is 0 Å². The van der Waals surface area contributed by atoms with Crippen LogP contribution in [0.1, 0.15) is 5.56 Å². The number of hydrogen-bond donors (Lipinski definition) is 0. The lowest BCUT2D eigenvalue weighted by Crippen LogP contribution is -1.92. The highest BCUT2D eigenvalue weighted by atomic mass is 16.4. The monoisotopic (exact) mass is 376 g/mol. The molecule has 0 bridgehead atoms. The Labute approximate surface area is 166 Å². The average molecular weight is 376 g/mol. The molecule has 0 fully saturated rings. The van der Waals surface area contributed by atoms with Crippen molar-refractivity contribution >= 4 is 27.6 Å². The highest BCUT2D eigenvalue weighted by molar-refractivity contribution is 5.96. The third kappa shape index (κ3) is 2.44. The van der Waals surface area contributed by atoms with Gasteiger partial charge >= 0.3 is 0 Å². The summed E-state index contributed by atoms with van der Waals surface area (Å²) in [4.78, 5) is 4.87. The number of pyridine rings is 1. The Morgan fingerprint density at radius 2 is 1.48 bits per heavy atom. The first kappa shape index (κ1) is 16.0. The van der Waals surface area contributed by atoms with E-state index >= 15 is 0 Å². The van der Waals surface area contributed by atoms with Crippen LogP contribution in [0.15, 0.2) is 83.3 Å². The molecular formula is C24H16N4O. The van der Waals surface area contributed by atoms with Crippen LogP contribution < -0.4 is 0 Å². The first-order valence-electron chi connectivity index (χ1n) is 9.48. The van der Waals surface area contributed by atoms with E-state index in [9.17, 15) is 0 Å². The summed E-state index contributed by atoms with van der Waals surface area (Å²) in [7, 11) is 0. The van der Waals surface area contributed by atoms with Crippen molar-refractivity contribution in [2.24, 2.45) is 0 Å². The van der Waals surface area contributed by atoms with E-state index in [2.05, 4.69) is 45.8 Å². The van der Waals surface area contributed by atoms with Crippen molar-refractivity contribution in [1.29, 1.82) is 0 Å². The number of benzene rings is 3. The highest BCUT2D eigenvalue weighted by Crippen LogP contribution is 2.32. The van der Waals surface area contributed by atoms with Gasteiger partial charge in [0.05, 0.1) is 22.1 Å². The minimum absolute atomic E-state index is 0.464. The molecule has 29 heavy (non-hydrogen) atoms. The molecule has 0 aliphatic heterocycles. The molecule has 6 aromatic rings. The van der Waals surface area contributed by atoms with Crippen LogP contribution in [0.25, 0.3) is 50.5 Å². The maximum atomic E-state index is 6.07. The normalized spacial score (nSPS) is 11.6. The first-order chi connectivity index (χ1) is 14.3. The van der Waals surface area contributed by atoms with Crippen molar-refractivity contribution in [2.45, 2.75) is 6.92 Å². The van der Waals surface area contributed by atoms with Crippen LogP contribution in [0.2, 0.25) is 0 Å². The van der Waals surface area contributed by atoms with E-state index in [1.807, 2.05) is 54.6 Å². The van der Waals surface area contributed by atoms with Crippen molar-refractivity contribution in [2.75, 3.05) is 0 Å². The van der Waals surface area contributed by atoms with Gasteiger partial charge in [0, 0.05) is 5.56 Å². The van der Waals surface area contributed by atoms with Gasteiger partial charge in [-0.15, -0.1) is 10.2 Å². The summed E-state index contributed by atoms with van der Waals surface area (Å²) in [5, 5.41) is 9.71. The number of fused-ring (bicyclic) bond motifs is 5. The minimum atomic E-state index is 0.464. The Hall–Kier alpha value is -3.99. The zero-order valence-corrected chi connectivity index (χ0v) is 15.7. The topological polar surface area (TPSA) is 56.2 Å². The van der Waals surface area contributed by atoms with Crippen LogP contribution in [0, 0.1) is 6.92 Å². The lowest BCUT2D eigenvalue weighted by Gasteiger charge is -2.06. The smallest absolute Gasteiger partial charge is 0.251 e. The van der Waals surface area contributed by atoms with Crippen LogP contribution in [-0.2, 0) is 0 Å². The molecule has 6 rings (SSSR count). The molecule has 3 heterocycles. The van der Waals surface area contributed by atoms with Crippen molar-refractivity contribution < 1.29 is 4.42 Å². The average Bonchev–Trinajstić information content (AvgIpc) is 3.39. The molecule has 5 nitrogen and oxygen atoms in total. The zero-order valence-electron chi connectivity index (χ0n) is 15.7. The molecule has 0 spiro atoms. The molecule has 3 aromatic heterocycles. The van der Waals surface area contributed by atoms with Gasteiger partial charge < -0.3 is 4.42 Å². The van der Waals surface area contributed by atoms with Crippen LogP contribution in [-0.4, -0.2) is 19.6 Å². The fourth-order valence-electron chi connectivity index (χ4n) is 3.79. The lowest BCUT2D eigenvalue weighted by atomic mass is 10.1. The van der Waals surface area contributed by atoms with Gasteiger partial charge in [-0.25, -0.2) is 4.98 Å². The fourth-order valence-corrected chi connectivity index (χ4v) is 3.79. The summed E-state index contributed by atoms with van der Waals surface area (Å²) >= 11 is 0. The maximum Gasteiger partial charge on any atom is 0.251 e. The molecule has 0 unspecified atom stereocenters. The molecule has 138 valence electrons. The Kier molecular flexibility index (Phi) is 3.32. The molecule has 0 amide bonds. The summed E-state index contributed by atoms with van der Waals surface area (Å²) < 4.78 is 8.24. The standard InChI is InChI=1S/C24H16N4O/c1-15-10-12-16(13-11-15)23-26-27-24(29-23)18-14-17-6-2-4-8-20(17)28-21-9-5-3-7-19(21)25-22(18)28/h2-14H,1H3. The number of rotatable bonds is 2. The molecule has 0 N–H and O–H groups in total. The van der Waals surface area contributed by atoms with Gasteiger partial charge in [0.2, 0.25) is 5.89 Å². The molecule has 5 heteroatoms. The van der Waals surface area contributed by atoms with Gasteiger partial charge in [0.25, 0.3) is 5.89 Å². The summed E-state index contributed by atoms with van der Waals surface area (Å²) in [6, 6.07) is 26.5. The van der Waals surface area contributed by atoms with Crippen molar-refractivity contribution in [1.82, 2.24) is 19.6 Å². The SMILES string of the molecule is Cc1ccc(-c2nnc(-c3cc4ccccc4n4c3nc3ccccc34)o2)cc1. The number of imidazole rings is 1. The van der Waals surface area contributed by atoms with Gasteiger partial charge in [-0.1, -0.05) is 48.0 Å². The third-order valence-corrected chi connectivity index (χ3v) is 5.23. The van der Waals surface area contributed by atoms with Gasteiger partial charge in [-0.3, -0.25) is 4.40 Å². The number of para-hydroxylation sites is 3. The second-order valence-electron chi connectivity index (χ2n) is 7.15. The highest BCUT2D eigenvalue weighted by Gasteiger charge is 2.18. The number of aryl methyl sites for hydroxylation is 1. The van der Waals surface area contributed by atoms with Crippen molar-refractivity contribution in [3.8, 4) is 22.9 Å². The Bertz CT molecular complexity index is 1510. The van der Waals surface area contributed by atoms with Gasteiger partial charge in [0.1, 0.15) is 0 Å². The van der Waals surface area contributed by atoms with Crippen LogP contribution in [0.3, 0.4) is 0 Å². The largest absolute Gasteiger partial charge is 0.416 e. The second kappa shape index (κ2) is 6.01. The summed E-state index contributed by atoms with van der Waals surface area (Å²) in [6.07, 6.45) is 0. The quantitative estimate of drug-likeness (QED) is 0.391. The van der Waals surface area contributed by atoms with Crippen LogP contribution in [0.4, 0.5) is 0 Å². The van der Waals surface area contributed by atoms with E-state index in [4.69, 9.17) is 9.40 Å². The molecule has 0 aliphatic carbocycles. The molecule has 0 radical (unpaired) electrons. The number of hydrogen-bond acceptors (Lipinski definition) is 4. The Balaban J connectivity index is 1.64.